The van der Waals surface area contributed by atoms with E-state index in [1.807, 2.05) is 6.92 Å². The van der Waals surface area contributed by atoms with Crippen LogP contribution in [0, 0.1) is 0 Å². The first-order chi connectivity index (χ1) is 10.7. The molecule has 0 aromatic rings. The number of nitrogens with zero attached hydrogens (tertiary/aromatic N) is 1. The number of amides is 3. The fraction of sp³-hybridized carbons (Fsp3) is 0.750. The monoisotopic (exact) mass is 347 g/mol. The van der Waals surface area contributed by atoms with Gasteiger partial charge in [-0.05, 0) is 17.4 Å². The van der Waals surface area contributed by atoms with Gasteiger partial charge in [-0.15, -0.1) is 0 Å². The van der Waals surface area contributed by atoms with Gasteiger partial charge in [0, 0.05) is 19.5 Å². The van der Waals surface area contributed by atoms with E-state index >= 15 is 0 Å². The number of hydrogen-bond donors (Lipinski definition) is 5. The Bertz CT molecular complexity index is 502. The van der Waals surface area contributed by atoms with E-state index in [9.17, 15) is 18.9 Å². The maximum absolute atomic E-state index is 12.5. The van der Waals surface area contributed by atoms with Crippen LogP contribution in [-0.2, 0) is 18.9 Å². The van der Waals surface area contributed by atoms with Crippen molar-refractivity contribution in [1.82, 2.24) is 15.4 Å². The van der Waals surface area contributed by atoms with Crippen LogP contribution in [0.2, 0.25) is 0 Å². The Morgan fingerprint density at radius 3 is 2.70 bits per heavy atom. The summed E-state index contributed by atoms with van der Waals surface area (Å²) in [6.07, 6.45) is 1.00. The third-order valence-electron chi connectivity index (χ3n) is 3.49. The first-order valence-corrected chi connectivity index (χ1v) is 8.63. The summed E-state index contributed by atoms with van der Waals surface area (Å²) in [5.41, 5.74) is 11.1. The van der Waals surface area contributed by atoms with Crippen molar-refractivity contribution in [2.45, 2.75) is 43.9 Å². The largest absolute Gasteiger partial charge is 0.465 e. The molecule has 2 unspecified atom stereocenters. The van der Waals surface area contributed by atoms with Crippen molar-refractivity contribution in [3.8, 4) is 0 Å². The van der Waals surface area contributed by atoms with Gasteiger partial charge in [-0.1, -0.05) is 12.0 Å². The van der Waals surface area contributed by atoms with E-state index in [1.54, 1.807) is 0 Å². The zero-order valence-corrected chi connectivity index (χ0v) is 14.0. The number of carbonyl (C=O) groups excluding carboxylic acids is 3. The van der Waals surface area contributed by atoms with Gasteiger partial charge in [0.15, 0.2) is 0 Å². The SMILES string of the molecule is CCCNC(=O)C(CC(N)=O)N[P+](=O)[C@@]1(N)CCCN(N)C1=O. The van der Waals surface area contributed by atoms with Crippen LogP contribution in [0.3, 0.4) is 0 Å². The van der Waals surface area contributed by atoms with E-state index in [2.05, 4.69) is 10.4 Å². The molecule has 0 aromatic carbocycles. The average Bonchev–Trinajstić information content (AvgIpc) is 2.48. The quantitative estimate of drug-likeness (QED) is 0.196. The van der Waals surface area contributed by atoms with Crippen LogP contribution in [0.4, 0.5) is 0 Å². The lowest BCUT2D eigenvalue weighted by Crippen LogP contribution is -2.60. The molecule has 0 bridgehead atoms. The molecule has 23 heavy (non-hydrogen) atoms. The highest BCUT2D eigenvalue weighted by atomic mass is 31.1. The van der Waals surface area contributed by atoms with E-state index < -0.39 is 37.0 Å². The molecule has 0 spiro atoms. The van der Waals surface area contributed by atoms with Crippen molar-refractivity contribution in [2.75, 3.05) is 13.1 Å². The van der Waals surface area contributed by atoms with E-state index in [1.165, 1.54) is 0 Å². The number of nitrogens with two attached hydrogens (primary N) is 3. The van der Waals surface area contributed by atoms with Crippen molar-refractivity contribution in [3.63, 3.8) is 0 Å². The summed E-state index contributed by atoms with van der Waals surface area (Å²) in [6.45, 7) is 2.58. The number of nitrogens with one attached hydrogen (secondary N) is 2. The maximum atomic E-state index is 12.5. The predicted octanol–water partition coefficient (Wildman–Crippen LogP) is -1.76. The van der Waals surface area contributed by atoms with Crippen LogP contribution < -0.4 is 27.7 Å². The van der Waals surface area contributed by atoms with Crippen LogP contribution in [0.25, 0.3) is 0 Å². The molecule has 1 aliphatic heterocycles. The maximum Gasteiger partial charge on any atom is 0.465 e. The van der Waals surface area contributed by atoms with E-state index in [0.29, 0.717) is 25.9 Å². The Hall–Kier alpha value is -1.61. The molecular formula is C12H24N6O4P+. The summed E-state index contributed by atoms with van der Waals surface area (Å²) in [6, 6.07) is -1.12. The highest BCUT2D eigenvalue weighted by Crippen LogP contribution is 2.39. The van der Waals surface area contributed by atoms with Gasteiger partial charge in [-0.3, -0.25) is 25.1 Å². The van der Waals surface area contributed by atoms with Gasteiger partial charge in [0.2, 0.25) is 11.8 Å². The van der Waals surface area contributed by atoms with Gasteiger partial charge in [0.25, 0.3) is 0 Å². The minimum atomic E-state index is -2.53. The highest BCUT2D eigenvalue weighted by Gasteiger charge is 2.57. The highest BCUT2D eigenvalue weighted by molar-refractivity contribution is 7.45. The van der Waals surface area contributed by atoms with Crippen molar-refractivity contribution >= 4 is 25.7 Å². The van der Waals surface area contributed by atoms with Crippen molar-refractivity contribution in [3.05, 3.63) is 0 Å². The summed E-state index contributed by atoms with van der Waals surface area (Å²) in [5, 5.41) is 4.28. The van der Waals surface area contributed by atoms with Gasteiger partial charge >= 0.3 is 19.1 Å². The van der Waals surface area contributed by atoms with Gasteiger partial charge in [-0.2, -0.15) is 0 Å². The van der Waals surface area contributed by atoms with E-state index in [-0.39, 0.29) is 12.8 Å². The fourth-order valence-corrected chi connectivity index (χ4v) is 3.58. The molecule has 1 saturated heterocycles. The predicted molar refractivity (Wildman–Crippen MR) is 83.7 cm³/mol. The Morgan fingerprint density at radius 2 is 2.13 bits per heavy atom. The van der Waals surface area contributed by atoms with Crippen LogP contribution in [0.15, 0.2) is 0 Å². The lowest BCUT2D eigenvalue weighted by atomic mass is 10.1. The van der Waals surface area contributed by atoms with Crippen molar-refractivity contribution < 1.29 is 18.9 Å². The van der Waals surface area contributed by atoms with Gasteiger partial charge in [0.05, 0.1) is 6.42 Å². The van der Waals surface area contributed by atoms with E-state index in [0.717, 1.165) is 5.01 Å². The number of piperidine rings is 1. The molecule has 10 nitrogen and oxygen atoms in total. The molecule has 11 heteroatoms. The van der Waals surface area contributed by atoms with Gasteiger partial charge < -0.3 is 11.1 Å². The molecule has 1 aliphatic rings. The van der Waals surface area contributed by atoms with Crippen LogP contribution in [-0.4, -0.2) is 47.1 Å². The smallest absolute Gasteiger partial charge is 0.370 e. The number of carbonyl (C=O) groups is 3. The molecular weight excluding hydrogens is 323 g/mol. The standard InChI is InChI=1S/C12H23N6O4P/c1-2-5-16-10(20)8(7-9(13)19)17-23(22)12(14)4-3-6-18(15)11(12)21/h8H,2-7,14-15H2,1H3,(H3-,13,16,17,19,20,22)/p+1/t8?,12-/m0/s1. The molecule has 3 amide bonds. The molecule has 0 radical (unpaired) electrons. The first kappa shape index (κ1) is 19.4. The molecule has 1 rings (SSSR count). The number of rotatable bonds is 8. The lowest BCUT2D eigenvalue weighted by Gasteiger charge is -2.29. The molecule has 1 heterocycles. The summed E-state index contributed by atoms with van der Waals surface area (Å²) in [7, 11) is -2.53. The Balaban J connectivity index is 2.85. The first-order valence-electron chi connectivity index (χ1n) is 7.37. The number of hydrogen-bond acceptors (Lipinski definition) is 6. The number of primary amides is 1. The number of hydrazine groups is 1. The molecule has 0 aromatic heterocycles. The topological polar surface area (TPSA) is 174 Å². The summed E-state index contributed by atoms with van der Waals surface area (Å²) >= 11 is 0. The fourth-order valence-electron chi connectivity index (χ4n) is 2.19. The van der Waals surface area contributed by atoms with Crippen molar-refractivity contribution in [2.24, 2.45) is 17.3 Å². The molecule has 3 atom stereocenters. The summed E-state index contributed by atoms with van der Waals surface area (Å²) in [4.78, 5) is 35.3. The second-order valence-electron chi connectivity index (χ2n) is 5.46. The van der Waals surface area contributed by atoms with Gasteiger partial charge in [-0.25, -0.2) is 5.84 Å². The molecule has 1 fully saturated rings. The Kier molecular flexibility index (Phi) is 7.01. The minimum Gasteiger partial charge on any atom is -0.370 e. The van der Waals surface area contributed by atoms with Crippen LogP contribution in [0.1, 0.15) is 32.6 Å². The zero-order valence-electron chi connectivity index (χ0n) is 13.1. The lowest BCUT2D eigenvalue weighted by molar-refractivity contribution is -0.137. The van der Waals surface area contributed by atoms with Crippen LogP contribution >= 0.6 is 7.95 Å². The van der Waals surface area contributed by atoms with Gasteiger partial charge in [0.1, 0.15) is 6.04 Å². The minimum absolute atomic E-state index is 0.168. The van der Waals surface area contributed by atoms with E-state index in [4.69, 9.17) is 17.3 Å². The van der Waals surface area contributed by atoms with Crippen molar-refractivity contribution in [1.29, 1.82) is 0 Å². The Labute approximate surface area is 135 Å². The normalized spacial score (nSPS) is 23.3. The second-order valence-corrected chi connectivity index (χ2v) is 7.11. The van der Waals surface area contributed by atoms with Crippen LogP contribution in [0.5, 0.6) is 0 Å². The molecule has 8 N–H and O–H groups in total. The zero-order chi connectivity index (χ0) is 17.6. The summed E-state index contributed by atoms with van der Waals surface area (Å²) < 4.78 is 12.5. The Morgan fingerprint density at radius 1 is 1.48 bits per heavy atom. The average molecular weight is 347 g/mol. The molecule has 0 aliphatic carbocycles. The second kappa shape index (κ2) is 8.30. The molecule has 0 saturated carbocycles. The molecule has 130 valence electrons. The third-order valence-corrected chi connectivity index (χ3v) is 5.18. The summed E-state index contributed by atoms with van der Waals surface area (Å²) in [5.74, 6) is 3.60. The third kappa shape index (κ3) is 4.93.